The zero-order chi connectivity index (χ0) is 23.7. The topological polar surface area (TPSA) is 77.6 Å². The lowest BCUT2D eigenvalue weighted by molar-refractivity contribution is -0.117. The average Bonchev–Trinajstić information content (AvgIpc) is 3.66. The van der Waals surface area contributed by atoms with Gasteiger partial charge in [-0.15, -0.1) is 0 Å². The first-order valence-corrected chi connectivity index (χ1v) is 12.0. The summed E-state index contributed by atoms with van der Waals surface area (Å²) in [6.45, 7) is 7.47. The highest BCUT2D eigenvalue weighted by Gasteiger charge is 2.26. The van der Waals surface area contributed by atoms with Crippen molar-refractivity contribution >= 4 is 34.2 Å². The molecule has 0 unspecified atom stereocenters. The number of anilines is 2. The van der Waals surface area contributed by atoms with Crippen molar-refractivity contribution in [3.05, 3.63) is 65.2 Å². The smallest absolute Gasteiger partial charge is 0.252 e. The SMILES string of the molecule is Cc1cccc(NC(=O)CN2CCN(c3cc(C(=O)NC4CC4)c4ccccc4n3)CC2)c1C. The lowest BCUT2D eigenvalue weighted by atomic mass is 10.1. The minimum atomic E-state index is -0.0240. The molecule has 5 rings (SSSR count). The molecule has 2 aromatic carbocycles. The number of rotatable bonds is 6. The van der Waals surface area contributed by atoms with Gasteiger partial charge >= 0.3 is 0 Å². The summed E-state index contributed by atoms with van der Waals surface area (Å²) in [5.41, 5.74) is 4.66. The maximum atomic E-state index is 12.9. The number of aryl methyl sites for hydroxylation is 1. The number of fused-ring (bicyclic) bond motifs is 1. The second-order valence-electron chi connectivity index (χ2n) is 9.35. The van der Waals surface area contributed by atoms with Gasteiger partial charge in [0.1, 0.15) is 5.82 Å². The zero-order valence-corrected chi connectivity index (χ0v) is 19.8. The van der Waals surface area contributed by atoms with Gasteiger partial charge in [0.2, 0.25) is 5.91 Å². The maximum absolute atomic E-state index is 12.9. The molecule has 0 spiro atoms. The van der Waals surface area contributed by atoms with E-state index in [1.807, 2.05) is 62.4 Å². The Morgan fingerprint density at radius 2 is 1.76 bits per heavy atom. The van der Waals surface area contributed by atoms with E-state index in [-0.39, 0.29) is 11.8 Å². The van der Waals surface area contributed by atoms with Gasteiger partial charge in [0.25, 0.3) is 5.91 Å². The first-order chi connectivity index (χ1) is 16.5. The zero-order valence-electron chi connectivity index (χ0n) is 19.8. The number of nitrogens with zero attached hydrogens (tertiary/aromatic N) is 3. The molecule has 7 heteroatoms. The van der Waals surface area contributed by atoms with E-state index >= 15 is 0 Å². The monoisotopic (exact) mass is 457 g/mol. The van der Waals surface area contributed by atoms with Crippen LogP contribution in [0.3, 0.4) is 0 Å². The molecule has 2 N–H and O–H groups in total. The molecule has 0 radical (unpaired) electrons. The molecule has 1 saturated heterocycles. The number of carbonyl (C=O) groups excluding carboxylic acids is 2. The molecule has 7 nitrogen and oxygen atoms in total. The van der Waals surface area contributed by atoms with E-state index in [2.05, 4.69) is 20.4 Å². The third-order valence-corrected chi connectivity index (χ3v) is 6.80. The van der Waals surface area contributed by atoms with Gasteiger partial charge in [0.15, 0.2) is 0 Å². The molecule has 2 heterocycles. The van der Waals surface area contributed by atoms with Crippen LogP contribution in [-0.2, 0) is 4.79 Å². The predicted octanol–water partition coefficient (Wildman–Crippen LogP) is 3.50. The summed E-state index contributed by atoms with van der Waals surface area (Å²) >= 11 is 0. The van der Waals surface area contributed by atoms with E-state index in [4.69, 9.17) is 4.98 Å². The Morgan fingerprint density at radius 3 is 2.53 bits per heavy atom. The summed E-state index contributed by atoms with van der Waals surface area (Å²) in [5, 5.41) is 7.04. The fourth-order valence-electron chi connectivity index (χ4n) is 4.42. The Morgan fingerprint density at radius 1 is 1.00 bits per heavy atom. The second-order valence-corrected chi connectivity index (χ2v) is 9.35. The molecular formula is C27H31N5O2. The fourth-order valence-corrected chi connectivity index (χ4v) is 4.42. The van der Waals surface area contributed by atoms with Crippen molar-refractivity contribution in [3.63, 3.8) is 0 Å². The van der Waals surface area contributed by atoms with Gasteiger partial charge in [0, 0.05) is 43.3 Å². The van der Waals surface area contributed by atoms with Crippen molar-refractivity contribution in [2.75, 3.05) is 42.9 Å². The number of hydrogen-bond acceptors (Lipinski definition) is 5. The number of amides is 2. The van der Waals surface area contributed by atoms with E-state index in [1.165, 1.54) is 5.56 Å². The predicted molar refractivity (Wildman–Crippen MR) is 135 cm³/mol. The fraction of sp³-hybridized carbons (Fsp3) is 0.370. The van der Waals surface area contributed by atoms with Crippen molar-refractivity contribution in [2.24, 2.45) is 0 Å². The van der Waals surface area contributed by atoms with Gasteiger partial charge in [-0.2, -0.15) is 0 Å². The molecule has 0 bridgehead atoms. The van der Waals surface area contributed by atoms with Gasteiger partial charge in [0.05, 0.1) is 17.6 Å². The number of benzene rings is 2. The van der Waals surface area contributed by atoms with Crippen molar-refractivity contribution in [3.8, 4) is 0 Å². The van der Waals surface area contributed by atoms with Crippen LogP contribution in [0.25, 0.3) is 10.9 Å². The molecule has 1 aliphatic heterocycles. The Kier molecular flexibility index (Phi) is 6.20. The lowest BCUT2D eigenvalue weighted by Gasteiger charge is -2.35. The molecule has 2 fully saturated rings. The van der Waals surface area contributed by atoms with E-state index in [9.17, 15) is 9.59 Å². The number of pyridine rings is 1. The number of nitrogens with one attached hydrogen (secondary N) is 2. The highest BCUT2D eigenvalue weighted by molar-refractivity contribution is 6.07. The molecule has 176 valence electrons. The molecular weight excluding hydrogens is 426 g/mol. The Bertz CT molecular complexity index is 1230. The largest absolute Gasteiger partial charge is 0.354 e. The molecule has 2 amide bonds. The van der Waals surface area contributed by atoms with Crippen LogP contribution in [-0.4, -0.2) is 60.5 Å². The van der Waals surface area contributed by atoms with E-state index < -0.39 is 0 Å². The van der Waals surface area contributed by atoms with E-state index in [0.717, 1.165) is 67.0 Å². The molecule has 1 saturated carbocycles. The van der Waals surface area contributed by atoms with Crippen LogP contribution in [0.4, 0.5) is 11.5 Å². The molecule has 34 heavy (non-hydrogen) atoms. The van der Waals surface area contributed by atoms with Crippen LogP contribution in [0.2, 0.25) is 0 Å². The number of aromatic nitrogens is 1. The first kappa shape index (κ1) is 22.3. The van der Waals surface area contributed by atoms with Gasteiger partial charge in [-0.3, -0.25) is 14.5 Å². The van der Waals surface area contributed by atoms with E-state index in [0.29, 0.717) is 18.2 Å². The van der Waals surface area contributed by atoms with Gasteiger partial charge in [-0.05, 0) is 56.0 Å². The van der Waals surface area contributed by atoms with Gasteiger partial charge < -0.3 is 15.5 Å². The Balaban J connectivity index is 1.24. The molecule has 3 aromatic rings. The number of para-hydroxylation sites is 1. The van der Waals surface area contributed by atoms with Crippen LogP contribution in [0.15, 0.2) is 48.5 Å². The molecule has 2 aliphatic rings. The third-order valence-electron chi connectivity index (χ3n) is 6.80. The van der Waals surface area contributed by atoms with Gasteiger partial charge in [-0.1, -0.05) is 30.3 Å². The second kappa shape index (κ2) is 9.43. The Hall–Kier alpha value is -3.45. The Labute approximate surface area is 200 Å². The highest BCUT2D eigenvalue weighted by atomic mass is 16.2. The quantitative estimate of drug-likeness (QED) is 0.592. The van der Waals surface area contributed by atoms with Crippen LogP contribution >= 0.6 is 0 Å². The normalized spacial score (nSPS) is 16.5. The average molecular weight is 458 g/mol. The number of carbonyl (C=O) groups is 2. The van der Waals surface area contributed by atoms with Crippen LogP contribution in [0.5, 0.6) is 0 Å². The lowest BCUT2D eigenvalue weighted by Crippen LogP contribution is -2.49. The van der Waals surface area contributed by atoms with Crippen LogP contribution < -0.4 is 15.5 Å². The van der Waals surface area contributed by atoms with Crippen LogP contribution in [0, 0.1) is 13.8 Å². The standard InChI is InChI=1S/C27H31N5O2/c1-18-6-5-9-23(19(18)2)30-26(33)17-31-12-14-32(15-13-31)25-16-22(27(34)28-20-10-11-20)21-7-3-4-8-24(21)29-25/h3-9,16,20H,10-15,17H2,1-2H3,(H,28,34)(H,30,33). The maximum Gasteiger partial charge on any atom is 0.252 e. The minimum absolute atomic E-state index is 0.00464. The van der Waals surface area contributed by atoms with Crippen molar-refractivity contribution in [2.45, 2.75) is 32.7 Å². The summed E-state index contributed by atoms with van der Waals surface area (Å²) in [6, 6.07) is 16.0. The van der Waals surface area contributed by atoms with E-state index in [1.54, 1.807) is 0 Å². The molecule has 0 atom stereocenters. The summed E-state index contributed by atoms with van der Waals surface area (Å²) in [7, 11) is 0. The van der Waals surface area contributed by atoms with Crippen molar-refractivity contribution < 1.29 is 9.59 Å². The highest BCUT2D eigenvalue weighted by Crippen LogP contribution is 2.26. The summed E-state index contributed by atoms with van der Waals surface area (Å²) in [4.78, 5) is 34.8. The minimum Gasteiger partial charge on any atom is -0.354 e. The molecule has 1 aromatic heterocycles. The third kappa shape index (κ3) is 4.89. The van der Waals surface area contributed by atoms with Crippen molar-refractivity contribution in [1.82, 2.24) is 15.2 Å². The first-order valence-electron chi connectivity index (χ1n) is 12.0. The molecule has 1 aliphatic carbocycles. The summed E-state index contributed by atoms with van der Waals surface area (Å²) in [6.07, 6.45) is 2.11. The summed E-state index contributed by atoms with van der Waals surface area (Å²) in [5.74, 6) is 0.799. The number of hydrogen-bond donors (Lipinski definition) is 2. The number of piperazine rings is 1. The summed E-state index contributed by atoms with van der Waals surface area (Å²) < 4.78 is 0. The van der Waals surface area contributed by atoms with Crippen LogP contribution in [0.1, 0.15) is 34.3 Å². The van der Waals surface area contributed by atoms with Crippen molar-refractivity contribution in [1.29, 1.82) is 0 Å². The van der Waals surface area contributed by atoms with Gasteiger partial charge in [-0.25, -0.2) is 4.98 Å².